The SMILES string of the molecule is O=C1CCC(=O)N1CCNc1ncc(Cl)cc1Br. The molecule has 0 atom stereocenters. The van der Waals surface area contributed by atoms with Gasteiger partial charge in [-0.25, -0.2) is 4.98 Å². The summed E-state index contributed by atoms with van der Waals surface area (Å²) in [6, 6.07) is 1.73. The standard InChI is InChI=1S/C11H11BrClN3O2/c12-8-5-7(13)6-15-11(8)14-3-4-16-9(17)1-2-10(16)18/h5-6H,1-4H2,(H,14,15). The largest absolute Gasteiger partial charge is 0.367 e. The summed E-state index contributed by atoms with van der Waals surface area (Å²) in [6.07, 6.45) is 2.17. The summed E-state index contributed by atoms with van der Waals surface area (Å²) in [6.45, 7) is 0.819. The molecule has 1 aliphatic heterocycles. The van der Waals surface area contributed by atoms with E-state index in [1.165, 1.54) is 11.1 Å². The molecule has 1 saturated heterocycles. The lowest BCUT2D eigenvalue weighted by molar-refractivity contribution is -0.138. The van der Waals surface area contributed by atoms with Gasteiger partial charge in [0.15, 0.2) is 0 Å². The second kappa shape index (κ2) is 5.67. The molecule has 2 rings (SSSR count). The van der Waals surface area contributed by atoms with Crippen LogP contribution in [0, 0.1) is 0 Å². The number of carbonyl (C=O) groups is 2. The van der Waals surface area contributed by atoms with Crippen molar-refractivity contribution in [3.05, 3.63) is 21.8 Å². The van der Waals surface area contributed by atoms with Crippen molar-refractivity contribution in [3.8, 4) is 0 Å². The predicted octanol–water partition coefficient (Wildman–Crippen LogP) is 2.06. The summed E-state index contributed by atoms with van der Waals surface area (Å²) in [5, 5.41) is 3.58. The third kappa shape index (κ3) is 3.00. The van der Waals surface area contributed by atoms with Gasteiger partial charge in [-0.15, -0.1) is 0 Å². The number of amides is 2. The Morgan fingerprint density at radius 2 is 2.06 bits per heavy atom. The molecule has 1 aromatic heterocycles. The van der Waals surface area contributed by atoms with Gasteiger partial charge in [0.05, 0.1) is 9.50 Å². The molecule has 1 fully saturated rings. The summed E-state index contributed by atoms with van der Waals surface area (Å²) in [4.78, 5) is 28.1. The van der Waals surface area contributed by atoms with Crippen LogP contribution >= 0.6 is 27.5 Å². The van der Waals surface area contributed by atoms with E-state index in [-0.39, 0.29) is 11.8 Å². The molecule has 1 aromatic rings. The topological polar surface area (TPSA) is 62.3 Å². The molecule has 1 N–H and O–H groups in total. The predicted molar refractivity (Wildman–Crippen MR) is 71.4 cm³/mol. The average Bonchev–Trinajstić information content (AvgIpc) is 2.63. The maximum Gasteiger partial charge on any atom is 0.229 e. The van der Waals surface area contributed by atoms with Gasteiger partial charge in [0.2, 0.25) is 11.8 Å². The molecule has 0 unspecified atom stereocenters. The van der Waals surface area contributed by atoms with E-state index < -0.39 is 0 Å². The zero-order valence-electron chi connectivity index (χ0n) is 9.45. The van der Waals surface area contributed by atoms with Gasteiger partial charge in [-0.3, -0.25) is 14.5 Å². The molecule has 1 aliphatic rings. The van der Waals surface area contributed by atoms with Gasteiger partial charge in [-0.05, 0) is 22.0 Å². The maximum absolute atomic E-state index is 11.4. The van der Waals surface area contributed by atoms with Crippen LogP contribution in [0.3, 0.4) is 0 Å². The lowest BCUT2D eigenvalue weighted by atomic mass is 10.4. The fourth-order valence-electron chi connectivity index (χ4n) is 1.70. The van der Waals surface area contributed by atoms with Crippen molar-refractivity contribution in [2.75, 3.05) is 18.4 Å². The molecule has 0 aliphatic carbocycles. The lowest BCUT2D eigenvalue weighted by Crippen LogP contribution is -2.33. The zero-order chi connectivity index (χ0) is 13.1. The molecule has 96 valence electrons. The number of likely N-dealkylation sites (tertiary alicyclic amines) is 1. The molecule has 0 radical (unpaired) electrons. The first-order chi connectivity index (χ1) is 8.58. The molecular formula is C11H11BrClN3O2. The van der Waals surface area contributed by atoms with Gasteiger partial charge in [0, 0.05) is 32.1 Å². The Bertz CT molecular complexity index is 479. The highest BCUT2D eigenvalue weighted by Crippen LogP contribution is 2.23. The lowest BCUT2D eigenvalue weighted by Gasteiger charge is -2.14. The van der Waals surface area contributed by atoms with Gasteiger partial charge in [0.1, 0.15) is 5.82 Å². The Hall–Kier alpha value is -1.14. The minimum Gasteiger partial charge on any atom is -0.367 e. The maximum atomic E-state index is 11.4. The highest BCUT2D eigenvalue weighted by molar-refractivity contribution is 9.10. The first kappa shape index (κ1) is 13.3. The van der Waals surface area contributed by atoms with Crippen LogP contribution in [-0.4, -0.2) is 34.8 Å². The van der Waals surface area contributed by atoms with Gasteiger partial charge in [-0.1, -0.05) is 11.6 Å². The number of nitrogens with one attached hydrogen (secondary N) is 1. The van der Waals surface area contributed by atoms with E-state index in [1.54, 1.807) is 6.07 Å². The molecular weight excluding hydrogens is 321 g/mol. The quantitative estimate of drug-likeness (QED) is 0.857. The number of pyridine rings is 1. The van der Waals surface area contributed by atoms with E-state index in [0.29, 0.717) is 36.8 Å². The van der Waals surface area contributed by atoms with E-state index in [2.05, 4.69) is 26.2 Å². The first-order valence-electron chi connectivity index (χ1n) is 5.46. The van der Waals surface area contributed by atoms with Crippen LogP contribution in [0.2, 0.25) is 5.02 Å². The Morgan fingerprint density at radius 1 is 1.39 bits per heavy atom. The number of rotatable bonds is 4. The molecule has 2 amide bonds. The van der Waals surface area contributed by atoms with Gasteiger partial charge in [-0.2, -0.15) is 0 Å². The van der Waals surface area contributed by atoms with Gasteiger partial charge in [0.25, 0.3) is 0 Å². The summed E-state index contributed by atoms with van der Waals surface area (Å²) < 4.78 is 0.745. The third-order valence-corrected chi connectivity index (χ3v) is 3.40. The van der Waals surface area contributed by atoms with E-state index in [0.717, 1.165) is 4.47 Å². The Morgan fingerprint density at radius 3 is 2.67 bits per heavy atom. The minimum absolute atomic E-state index is 0.107. The fraction of sp³-hybridized carbons (Fsp3) is 0.364. The van der Waals surface area contributed by atoms with Crippen molar-refractivity contribution in [2.24, 2.45) is 0 Å². The van der Waals surface area contributed by atoms with Crippen LogP contribution in [0.25, 0.3) is 0 Å². The number of imide groups is 1. The van der Waals surface area contributed by atoms with Crippen molar-refractivity contribution in [3.63, 3.8) is 0 Å². The molecule has 18 heavy (non-hydrogen) atoms. The number of anilines is 1. The Balaban J connectivity index is 1.88. The first-order valence-corrected chi connectivity index (χ1v) is 6.63. The van der Waals surface area contributed by atoms with Gasteiger partial charge >= 0.3 is 0 Å². The van der Waals surface area contributed by atoms with Crippen LogP contribution < -0.4 is 5.32 Å². The molecule has 7 heteroatoms. The van der Waals surface area contributed by atoms with Crippen molar-refractivity contribution in [1.82, 2.24) is 9.88 Å². The molecule has 0 spiro atoms. The number of carbonyl (C=O) groups excluding carboxylic acids is 2. The van der Waals surface area contributed by atoms with Crippen molar-refractivity contribution in [1.29, 1.82) is 0 Å². The van der Waals surface area contributed by atoms with Crippen molar-refractivity contribution >= 4 is 45.2 Å². The van der Waals surface area contributed by atoms with E-state index in [9.17, 15) is 9.59 Å². The van der Waals surface area contributed by atoms with Crippen molar-refractivity contribution < 1.29 is 9.59 Å². The number of halogens is 2. The minimum atomic E-state index is -0.107. The Labute approximate surface area is 118 Å². The smallest absolute Gasteiger partial charge is 0.229 e. The second-order valence-electron chi connectivity index (χ2n) is 3.85. The third-order valence-electron chi connectivity index (χ3n) is 2.59. The van der Waals surface area contributed by atoms with Crippen LogP contribution in [-0.2, 0) is 9.59 Å². The van der Waals surface area contributed by atoms with E-state index in [4.69, 9.17) is 11.6 Å². The normalized spacial score (nSPS) is 15.3. The monoisotopic (exact) mass is 331 g/mol. The highest BCUT2D eigenvalue weighted by atomic mass is 79.9. The summed E-state index contributed by atoms with van der Waals surface area (Å²) in [5.41, 5.74) is 0. The zero-order valence-corrected chi connectivity index (χ0v) is 11.8. The molecule has 0 bridgehead atoms. The van der Waals surface area contributed by atoms with Crippen LogP contribution in [0.1, 0.15) is 12.8 Å². The number of hydrogen-bond donors (Lipinski definition) is 1. The van der Waals surface area contributed by atoms with E-state index in [1.807, 2.05) is 0 Å². The summed E-state index contributed by atoms with van der Waals surface area (Å²) in [5.74, 6) is 0.424. The van der Waals surface area contributed by atoms with Crippen molar-refractivity contribution in [2.45, 2.75) is 12.8 Å². The van der Waals surface area contributed by atoms with Gasteiger partial charge < -0.3 is 5.32 Å². The van der Waals surface area contributed by atoms with Crippen LogP contribution in [0.4, 0.5) is 5.82 Å². The molecule has 5 nitrogen and oxygen atoms in total. The summed E-state index contributed by atoms with van der Waals surface area (Å²) >= 11 is 9.10. The van der Waals surface area contributed by atoms with E-state index >= 15 is 0 Å². The molecule has 0 saturated carbocycles. The highest BCUT2D eigenvalue weighted by Gasteiger charge is 2.27. The average molecular weight is 333 g/mol. The second-order valence-corrected chi connectivity index (χ2v) is 5.14. The molecule has 2 heterocycles. The fourth-order valence-corrected chi connectivity index (χ4v) is 2.48. The number of hydrogen-bond acceptors (Lipinski definition) is 4. The number of aromatic nitrogens is 1. The van der Waals surface area contributed by atoms with Crippen LogP contribution in [0.5, 0.6) is 0 Å². The number of nitrogens with zero attached hydrogens (tertiary/aromatic N) is 2. The Kier molecular flexibility index (Phi) is 4.19. The summed E-state index contributed by atoms with van der Waals surface area (Å²) in [7, 11) is 0. The molecule has 0 aromatic carbocycles. The van der Waals surface area contributed by atoms with Crippen LogP contribution in [0.15, 0.2) is 16.7 Å².